The molecular weight excluding hydrogens is 312 g/mol. The number of rotatable bonds is 4. The lowest BCUT2D eigenvalue weighted by Gasteiger charge is -2.18. The monoisotopic (exact) mass is 326 g/mol. The molecule has 0 aliphatic carbocycles. The van der Waals surface area contributed by atoms with Crippen molar-refractivity contribution in [1.82, 2.24) is 4.98 Å². The molecule has 2 aromatic heterocycles. The molecule has 0 fully saturated rings. The molecule has 1 atom stereocenters. The molecule has 1 N–H and O–H groups in total. The third-order valence-electron chi connectivity index (χ3n) is 2.65. The second-order valence-corrected chi connectivity index (χ2v) is 6.12. The molecule has 0 amide bonds. The molecule has 96 valence electrons. The molecule has 0 radical (unpaired) electrons. The molecule has 2 rings (SSSR count). The number of nitrogens with zero attached hydrogens (tertiary/aromatic N) is 2. The maximum absolute atomic E-state index is 9.41. The number of hydrogen-bond donors (Lipinski definition) is 1. The van der Waals surface area contributed by atoms with Gasteiger partial charge in [-0.15, -0.1) is 11.3 Å². The molecule has 3 nitrogen and oxygen atoms in total. The minimum atomic E-state index is -0.516. The lowest BCUT2D eigenvalue weighted by molar-refractivity contribution is 0.194. The highest BCUT2D eigenvalue weighted by Gasteiger charge is 2.06. The summed E-state index contributed by atoms with van der Waals surface area (Å²) >= 11 is 5.19. The van der Waals surface area contributed by atoms with Crippen LogP contribution in [0.1, 0.15) is 23.6 Å². The van der Waals surface area contributed by atoms with E-state index in [1.807, 2.05) is 19.2 Å². The molecule has 2 aromatic rings. The average molecular weight is 327 g/mol. The summed E-state index contributed by atoms with van der Waals surface area (Å²) in [7, 11) is 2.03. The van der Waals surface area contributed by atoms with Gasteiger partial charge in [0.2, 0.25) is 0 Å². The van der Waals surface area contributed by atoms with Gasteiger partial charge in [0.05, 0.1) is 30.2 Å². The summed E-state index contributed by atoms with van der Waals surface area (Å²) < 4.78 is 1.12. The van der Waals surface area contributed by atoms with Gasteiger partial charge in [0.25, 0.3) is 0 Å². The van der Waals surface area contributed by atoms with Crippen molar-refractivity contribution in [2.24, 2.45) is 0 Å². The van der Waals surface area contributed by atoms with Crippen LogP contribution in [-0.4, -0.2) is 17.1 Å². The highest BCUT2D eigenvalue weighted by Crippen LogP contribution is 2.23. The third-order valence-corrected chi connectivity index (χ3v) is 4.34. The van der Waals surface area contributed by atoms with E-state index in [1.54, 1.807) is 24.5 Å². The zero-order valence-electron chi connectivity index (χ0n) is 10.3. The summed E-state index contributed by atoms with van der Waals surface area (Å²) in [4.78, 5) is 7.68. The molecule has 0 saturated heterocycles. The van der Waals surface area contributed by atoms with E-state index in [0.29, 0.717) is 5.69 Å². The zero-order valence-corrected chi connectivity index (χ0v) is 12.7. The van der Waals surface area contributed by atoms with E-state index in [-0.39, 0.29) is 0 Å². The molecule has 5 heteroatoms. The topological polar surface area (TPSA) is 36.4 Å². The van der Waals surface area contributed by atoms with Crippen LogP contribution in [0.2, 0.25) is 0 Å². The van der Waals surface area contributed by atoms with Crippen molar-refractivity contribution in [3.05, 3.63) is 44.8 Å². The molecule has 18 heavy (non-hydrogen) atoms. The predicted octanol–water partition coefficient (Wildman–Crippen LogP) is 3.60. The number of anilines is 1. The van der Waals surface area contributed by atoms with Gasteiger partial charge in [-0.05, 0) is 41.1 Å². The van der Waals surface area contributed by atoms with E-state index >= 15 is 0 Å². The number of aliphatic hydroxyl groups is 1. The van der Waals surface area contributed by atoms with Gasteiger partial charge in [-0.3, -0.25) is 4.98 Å². The van der Waals surface area contributed by atoms with E-state index in [1.165, 1.54) is 4.88 Å². The van der Waals surface area contributed by atoms with Crippen LogP contribution in [0.15, 0.2) is 34.2 Å². The quantitative estimate of drug-likeness (QED) is 0.932. The summed E-state index contributed by atoms with van der Waals surface area (Å²) in [6.07, 6.45) is 1.28. The van der Waals surface area contributed by atoms with Gasteiger partial charge < -0.3 is 10.0 Å². The Kier molecular flexibility index (Phi) is 4.37. The van der Waals surface area contributed by atoms with Crippen LogP contribution in [0.4, 0.5) is 5.69 Å². The van der Waals surface area contributed by atoms with Crippen molar-refractivity contribution in [2.45, 2.75) is 19.6 Å². The Morgan fingerprint density at radius 3 is 2.78 bits per heavy atom. The van der Waals surface area contributed by atoms with Crippen molar-refractivity contribution >= 4 is 33.0 Å². The number of halogens is 1. The molecule has 0 saturated carbocycles. The summed E-state index contributed by atoms with van der Waals surface area (Å²) in [5.41, 5.74) is 1.75. The van der Waals surface area contributed by atoms with Crippen molar-refractivity contribution in [1.29, 1.82) is 0 Å². The SMILES string of the molecule is CC(O)c1ccc(N(C)Cc2cc(Br)cs2)cn1. The number of aromatic nitrogens is 1. The average Bonchev–Trinajstić information content (AvgIpc) is 2.75. The maximum Gasteiger partial charge on any atom is 0.0931 e. The molecule has 0 bridgehead atoms. The molecule has 2 heterocycles. The van der Waals surface area contributed by atoms with Crippen LogP contribution in [0.5, 0.6) is 0 Å². The van der Waals surface area contributed by atoms with Gasteiger partial charge in [0, 0.05) is 21.8 Å². The molecule has 1 unspecified atom stereocenters. The van der Waals surface area contributed by atoms with Gasteiger partial charge in [0.15, 0.2) is 0 Å². The number of thiophene rings is 1. The molecular formula is C13H15BrN2OS. The normalized spacial score (nSPS) is 12.4. The number of aliphatic hydroxyl groups excluding tert-OH is 1. The molecule has 0 aliphatic heterocycles. The Balaban J connectivity index is 2.06. The molecule has 0 aromatic carbocycles. The van der Waals surface area contributed by atoms with E-state index < -0.39 is 6.10 Å². The van der Waals surface area contributed by atoms with E-state index in [0.717, 1.165) is 16.7 Å². The van der Waals surface area contributed by atoms with Gasteiger partial charge in [-0.1, -0.05) is 0 Å². The van der Waals surface area contributed by atoms with Gasteiger partial charge in [0.1, 0.15) is 0 Å². The van der Waals surface area contributed by atoms with Crippen LogP contribution < -0.4 is 4.90 Å². The van der Waals surface area contributed by atoms with Crippen molar-refractivity contribution in [2.75, 3.05) is 11.9 Å². The van der Waals surface area contributed by atoms with Gasteiger partial charge in [-0.25, -0.2) is 0 Å². The third kappa shape index (κ3) is 3.31. The van der Waals surface area contributed by atoms with Crippen molar-refractivity contribution in [3.8, 4) is 0 Å². The highest BCUT2D eigenvalue weighted by atomic mass is 79.9. The first-order valence-corrected chi connectivity index (χ1v) is 7.31. The predicted molar refractivity (Wildman–Crippen MR) is 79.0 cm³/mol. The van der Waals surface area contributed by atoms with Gasteiger partial charge >= 0.3 is 0 Å². The second kappa shape index (κ2) is 5.82. The maximum atomic E-state index is 9.41. The van der Waals surface area contributed by atoms with E-state index in [4.69, 9.17) is 0 Å². The van der Waals surface area contributed by atoms with Crippen LogP contribution in [0, 0.1) is 0 Å². The number of hydrogen-bond acceptors (Lipinski definition) is 4. The summed E-state index contributed by atoms with van der Waals surface area (Å²) in [6.45, 7) is 2.57. The van der Waals surface area contributed by atoms with Crippen LogP contribution in [-0.2, 0) is 6.54 Å². The van der Waals surface area contributed by atoms with Gasteiger partial charge in [-0.2, -0.15) is 0 Å². The van der Waals surface area contributed by atoms with Crippen LogP contribution in [0.25, 0.3) is 0 Å². The lowest BCUT2D eigenvalue weighted by atomic mass is 10.2. The van der Waals surface area contributed by atoms with Crippen molar-refractivity contribution < 1.29 is 5.11 Å². The molecule has 0 spiro atoms. The lowest BCUT2D eigenvalue weighted by Crippen LogP contribution is -2.15. The minimum absolute atomic E-state index is 0.516. The van der Waals surface area contributed by atoms with Crippen molar-refractivity contribution in [3.63, 3.8) is 0 Å². The smallest absolute Gasteiger partial charge is 0.0931 e. The fourth-order valence-corrected chi connectivity index (χ4v) is 3.14. The summed E-state index contributed by atoms with van der Waals surface area (Å²) in [5, 5.41) is 11.5. The fourth-order valence-electron chi connectivity index (χ4n) is 1.63. The first-order valence-electron chi connectivity index (χ1n) is 5.64. The Morgan fingerprint density at radius 1 is 1.50 bits per heavy atom. The van der Waals surface area contributed by atoms with Crippen LogP contribution >= 0.6 is 27.3 Å². The summed E-state index contributed by atoms with van der Waals surface area (Å²) in [5.74, 6) is 0. The Labute approximate surface area is 119 Å². The summed E-state index contributed by atoms with van der Waals surface area (Å²) in [6, 6.07) is 5.97. The van der Waals surface area contributed by atoms with Crippen LogP contribution in [0.3, 0.4) is 0 Å². The molecule has 0 aliphatic rings. The highest BCUT2D eigenvalue weighted by molar-refractivity contribution is 9.10. The van der Waals surface area contributed by atoms with E-state index in [9.17, 15) is 5.11 Å². The Bertz CT molecular complexity index is 510. The Morgan fingerprint density at radius 2 is 2.28 bits per heavy atom. The first kappa shape index (κ1) is 13.5. The largest absolute Gasteiger partial charge is 0.387 e. The standard InChI is InChI=1S/C13H15BrN2OS/c1-9(17)13-4-3-11(6-15-13)16(2)7-12-5-10(14)8-18-12/h3-6,8-9,17H,7H2,1-2H3. The minimum Gasteiger partial charge on any atom is -0.387 e. The fraction of sp³-hybridized carbons (Fsp3) is 0.308. The zero-order chi connectivity index (χ0) is 13.1. The number of pyridine rings is 1. The Hall–Kier alpha value is -0.910. The second-order valence-electron chi connectivity index (χ2n) is 4.20. The first-order chi connectivity index (χ1) is 8.56. The van der Waals surface area contributed by atoms with E-state index in [2.05, 4.69) is 37.3 Å².